The molecule has 1 aliphatic carbocycles. The summed E-state index contributed by atoms with van der Waals surface area (Å²) in [4.78, 5) is 0. The molecular weight excluding hydrogens is 198 g/mol. The third-order valence-corrected chi connectivity index (χ3v) is 3.54. The van der Waals surface area contributed by atoms with Crippen LogP contribution in [0, 0.1) is 0 Å². The molecule has 1 heterocycles. The van der Waals surface area contributed by atoms with E-state index in [0.717, 1.165) is 31.2 Å². The van der Waals surface area contributed by atoms with Gasteiger partial charge in [-0.05, 0) is 30.9 Å². The Hall–Kier alpha value is -1.02. The minimum absolute atomic E-state index is 0.516. The first kappa shape index (κ1) is 10.2. The maximum Gasteiger partial charge on any atom is 0.124 e. The Bertz CT molecular complexity index is 384. The zero-order chi connectivity index (χ0) is 11.0. The first-order chi connectivity index (χ1) is 7.86. The highest BCUT2D eigenvalue weighted by Gasteiger charge is 2.28. The van der Waals surface area contributed by atoms with E-state index in [-0.39, 0.29) is 0 Å². The third-order valence-electron chi connectivity index (χ3n) is 3.54. The van der Waals surface area contributed by atoms with Gasteiger partial charge in [0.15, 0.2) is 0 Å². The summed E-state index contributed by atoms with van der Waals surface area (Å²) in [6, 6.07) is 7.91. The van der Waals surface area contributed by atoms with Crippen molar-refractivity contribution in [2.75, 3.05) is 6.61 Å². The lowest BCUT2D eigenvalue weighted by atomic mass is 9.97. The van der Waals surface area contributed by atoms with Crippen LogP contribution in [0.5, 0.6) is 5.75 Å². The van der Waals surface area contributed by atoms with Gasteiger partial charge in [-0.2, -0.15) is 0 Å². The number of benzene rings is 1. The zero-order valence-corrected chi connectivity index (χ0v) is 9.83. The van der Waals surface area contributed by atoms with E-state index >= 15 is 0 Å². The van der Waals surface area contributed by atoms with Crippen molar-refractivity contribution in [3.63, 3.8) is 0 Å². The summed E-state index contributed by atoms with van der Waals surface area (Å²) >= 11 is 0. The normalized spacial score (nSPS) is 23.7. The highest BCUT2D eigenvalue weighted by Crippen LogP contribution is 2.35. The van der Waals surface area contributed by atoms with Crippen LogP contribution in [0.25, 0.3) is 0 Å². The molecule has 1 aromatic carbocycles. The largest absolute Gasteiger partial charge is 0.493 e. The van der Waals surface area contributed by atoms with Gasteiger partial charge in [0.1, 0.15) is 5.75 Å². The molecule has 3 rings (SSSR count). The Morgan fingerprint density at radius 3 is 2.94 bits per heavy atom. The van der Waals surface area contributed by atoms with Crippen LogP contribution in [0.15, 0.2) is 18.2 Å². The molecule has 2 nitrogen and oxygen atoms in total. The van der Waals surface area contributed by atoms with Gasteiger partial charge in [0.25, 0.3) is 0 Å². The van der Waals surface area contributed by atoms with Crippen LogP contribution >= 0.6 is 0 Å². The molecule has 1 saturated carbocycles. The minimum Gasteiger partial charge on any atom is -0.493 e. The molecule has 0 bridgehead atoms. The fourth-order valence-electron chi connectivity index (χ4n) is 2.37. The molecule has 2 heteroatoms. The van der Waals surface area contributed by atoms with Crippen molar-refractivity contribution in [2.24, 2.45) is 0 Å². The Balaban J connectivity index is 1.88. The lowest BCUT2D eigenvalue weighted by Crippen LogP contribution is -2.28. The fraction of sp³-hybridized carbons (Fsp3) is 0.571. The number of hydrogen-bond donors (Lipinski definition) is 1. The minimum atomic E-state index is 0.516. The Labute approximate surface area is 97.0 Å². The fourth-order valence-corrected chi connectivity index (χ4v) is 2.37. The number of ether oxygens (including phenoxy) is 1. The van der Waals surface area contributed by atoms with Gasteiger partial charge in [-0.25, -0.2) is 0 Å². The van der Waals surface area contributed by atoms with Gasteiger partial charge in [-0.15, -0.1) is 0 Å². The Morgan fingerprint density at radius 2 is 2.19 bits per heavy atom. The van der Waals surface area contributed by atoms with Gasteiger partial charge >= 0.3 is 0 Å². The van der Waals surface area contributed by atoms with E-state index < -0.39 is 0 Å². The first-order valence-electron chi connectivity index (χ1n) is 6.38. The first-order valence-corrected chi connectivity index (χ1v) is 6.38. The summed E-state index contributed by atoms with van der Waals surface area (Å²) in [5, 5.41) is 3.72. The van der Waals surface area contributed by atoms with Crippen molar-refractivity contribution in [1.82, 2.24) is 5.32 Å². The van der Waals surface area contributed by atoms with E-state index in [2.05, 4.69) is 30.4 Å². The number of nitrogens with one attached hydrogen (secondary N) is 1. The second-order valence-electron chi connectivity index (χ2n) is 4.86. The number of aryl methyl sites for hydroxylation is 1. The summed E-state index contributed by atoms with van der Waals surface area (Å²) in [5.74, 6) is 1.08. The van der Waals surface area contributed by atoms with E-state index in [9.17, 15) is 0 Å². The number of rotatable bonds is 3. The van der Waals surface area contributed by atoms with Crippen LogP contribution < -0.4 is 10.1 Å². The van der Waals surface area contributed by atoms with Crippen molar-refractivity contribution in [2.45, 2.75) is 44.7 Å². The smallest absolute Gasteiger partial charge is 0.124 e. The summed E-state index contributed by atoms with van der Waals surface area (Å²) in [6.07, 6.45) is 4.90. The highest BCUT2D eigenvalue weighted by molar-refractivity contribution is 5.41. The molecular formula is C14H19NO. The van der Waals surface area contributed by atoms with Crippen molar-refractivity contribution in [3.8, 4) is 5.75 Å². The Kier molecular flexibility index (Phi) is 2.60. The summed E-state index contributed by atoms with van der Waals surface area (Å²) in [7, 11) is 0. The van der Waals surface area contributed by atoms with Crippen LogP contribution in [-0.2, 0) is 6.42 Å². The summed E-state index contributed by atoms with van der Waals surface area (Å²) < 4.78 is 5.72. The van der Waals surface area contributed by atoms with Crippen molar-refractivity contribution in [3.05, 3.63) is 29.3 Å². The monoisotopic (exact) mass is 217 g/mol. The van der Waals surface area contributed by atoms with E-state index in [1.165, 1.54) is 24.0 Å². The van der Waals surface area contributed by atoms with Crippen molar-refractivity contribution >= 4 is 0 Å². The molecule has 1 N–H and O–H groups in total. The average molecular weight is 217 g/mol. The Morgan fingerprint density at radius 1 is 1.31 bits per heavy atom. The third kappa shape index (κ3) is 1.94. The molecule has 0 aromatic heterocycles. The van der Waals surface area contributed by atoms with Gasteiger partial charge in [0.2, 0.25) is 0 Å². The lowest BCUT2D eigenvalue weighted by molar-refractivity contribution is 0.252. The molecule has 0 spiro atoms. The standard InChI is InChI=1S/C14H19NO/c1-2-10-3-6-14-12(9-10)13(7-8-16-14)15-11-4-5-11/h3,6,9,11,13,15H,2,4-5,7-8H2,1H3. The summed E-state index contributed by atoms with van der Waals surface area (Å²) in [5.41, 5.74) is 2.78. The molecule has 0 amide bonds. The lowest BCUT2D eigenvalue weighted by Gasteiger charge is -2.27. The molecule has 1 aliphatic heterocycles. The van der Waals surface area contributed by atoms with Crippen LogP contribution in [-0.4, -0.2) is 12.6 Å². The van der Waals surface area contributed by atoms with Crippen LogP contribution in [0.3, 0.4) is 0 Å². The zero-order valence-electron chi connectivity index (χ0n) is 9.83. The predicted octanol–water partition coefficient (Wildman–Crippen LogP) is 2.82. The van der Waals surface area contributed by atoms with Gasteiger partial charge in [-0.1, -0.05) is 19.1 Å². The quantitative estimate of drug-likeness (QED) is 0.840. The van der Waals surface area contributed by atoms with Gasteiger partial charge in [-0.3, -0.25) is 0 Å². The SMILES string of the molecule is CCc1ccc2c(c1)C(NC1CC1)CCO2. The number of hydrogen-bond acceptors (Lipinski definition) is 2. The van der Waals surface area contributed by atoms with Crippen molar-refractivity contribution in [1.29, 1.82) is 0 Å². The topological polar surface area (TPSA) is 21.3 Å². The second kappa shape index (κ2) is 4.10. The molecule has 0 radical (unpaired) electrons. The molecule has 1 atom stereocenters. The van der Waals surface area contributed by atoms with E-state index in [1.54, 1.807) is 0 Å². The molecule has 16 heavy (non-hydrogen) atoms. The average Bonchev–Trinajstić information content (AvgIpc) is 3.13. The molecule has 1 fully saturated rings. The maximum absolute atomic E-state index is 5.72. The maximum atomic E-state index is 5.72. The highest BCUT2D eigenvalue weighted by atomic mass is 16.5. The molecule has 86 valence electrons. The van der Waals surface area contributed by atoms with E-state index in [4.69, 9.17) is 4.74 Å². The molecule has 2 aliphatic rings. The van der Waals surface area contributed by atoms with Gasteiger partial charge < -0.3 is 10.1 Å². The van der Waals surface area contributed by atoms with Gasteiger partial charge in [0, 0.05) is 24.1 Å². The van der Waals surface area contributed by atoms with E-state index in [0.29, 0.717) is 6.04 Å². The van der Waals surface area contributed by atoms with Crippen LogP contribution in [0.1, 0.15) is 43.4 Å². The molecule has 0 saturated heterocycles. The van der Waals surface area contributed by atoms with Crippen molar-refractivity contribution < 1.29 is 4.74 Å². The van der Waals surface area contributed by atoms with Crippen LogP contribution in [0.2, 0.25) is 0 Å². The van der Waals surface area contributed by atoms with Crippen LogP contribution in [0.4, 0.5) is 0 Å². The number of fused-ring (bicyclic) bond motifs is 1. The van der Waals surface area contributed by atoms with Gasteiger partial charge in [0.05, 0.1) is 6.61 Å². The summed E-state index contributed by atoms with van der Waals surface area (Å²) in [6.45, 7) is 3.05. The predicted molar refractivity (Wildman–Crippen MR) is 64.8 cm³/mol. The van der Waals surface area contributed by atoms with E-state index in [1.807, 2.05) is 0 Å². The molecule has 1 unspecified atom stereocenters. The molecule has 1 aromatic rings. The second-order valence-corrected chi connectivity index (χ2v) is 4.86.